The number of aliphatic hydroxyl groups excluding tert-OH is 1. The first kappa shape index (κ1) is 10.2. The maximum Gasteiger partial charge on any atom is 0.0794 e. The minimum Gasteiger partial charge on any atom is -0.394 e. The lowest BCUT2D eigenvalue weighted by Gasteiger charge is -1.99. The summed E-state index contributed by atoms with van der Waals surface area (Å²) in [5.41, 5.74) is 3.41. The molecule has 1 heterocycles. The minimum absolute atomic E-state index is 0.140. The normalized spacial score (nSPS) is 10.8. The van der Waals surface area contributed by atoms with Crippen LogP contribution >= 0.6 is 0 Å². The lowest BCUT2D eigenvalue weighted by atomic mass is 10.2. The fourth-order valence-corrected chi connectivity index (χ4v) is 1.35. The molecule has 0 unspecified atom stereocenters. The van der Waals surface area contributed by atoms with E-state index in [9.17, 15) is 0 Å². The van der Waals surface area contributed by atoms with Crippen LogP contribution in [0.25, 0.3) is 0 Å². The van der Waals surface area contributed by atoms with Crippen molar-refractivity contribution in [3.63, 3.8) is 0 Å². The Morgan fingerprint density at radius 1 is 1.46 bits per heavy atom. The number of nitrogens with zero attached hydrogens (tertiary/aromatic N) is 2. The number of hydrogen-bond donors (Lipinski definition) is 2. The molecule has 0 saturated heterocycles. The smallest absolute Gasteiger partial charge is 0.0794 e. The van der Waals surface area contributed by atoms with Crippen LogP contribution in [0.1, 0.15) is 17.0 Å². The van der Waals surface area contributed by atoms with E-state index in [1.807, 2.05) is 18.7 Å². The summed E-state index contributed by atoms with van der Waals surface area (Å²) in [7, 11) is 1.90. The molecule has 13 heavy (non-hydrogen) atoms. The second kappa shape index (κ2) is 4.39. The van der Waals surface area contributed by atoms with Crippen molar-refractivity contribution in [2.45, 2.75) is 26.9 Å². The SMILES string of the molecule is CNCc1nn(CCO)c(C)c1C. The molecule has 0 aliphatic rings. The third kappa shape index (κ3) is 2.08. The van der Waals surface area contributed by atoms with Gasteiger partial charge < -0.3 is 10.4 Å². The van der Waals surface area contributed by atoms with E-state index in [-0.39, 0.29) is 6.61 Å². The van der Waals surface area contributed by atoms with Gasteiger partial charge in [-0.2, -0.15) is 5.10 Å². The number of aliphatic hydroxyl groups is 1. The highest BCUT2D eigenvalue weighted by molar-refractivity contribution is 5.23. The summed E-state index contributed by atoms with van der Waals surface area (Å²) in [5, 5.41) is 16.2. The average molecular weight is 183 g/mol. The number of rotatable bonds is 4. The van der Waals surface area contributed by atoms with Gasteiger partial charge in [-0.15, -0.1) is 0 Å². The zero-order valence-electron chi connectivity index (χ0n) is 8.46. The molecule has 0 aliphatic carbocycles. The predicted molar refractivity (Wildman–Crippen MR) is 51.6 cm³/mol. The highest BCUT2D eigenvalue weighted by Crippen LogP contribution is 2.11. The van der Waals surface area contributed by atoms with Gasteiger partial charge in [0.2, 0.25) is 0 Å². The summed E-state index contributed by atoms with van der Waals surface area (Å²) in [4.78, 5) is 0. The van der Waals surface area contributed by atoms with Crippen LogP contribution in [0, 0.1) is 13.8 Å². The van der Waals surface area contributed by atoms with E-state index in [1.165, 1.54) is 5.56 Å². The van der Waals surface area contributed by atoms with Crippen molar-refractivity contribution in [1.29, 1.82) is 0 Å². The van der Waals surface area contributed by atoms with Crippen LogP contribution in [0.4, 0.5) is 0 Å². The third-order valence-electron chi connectivity index (χ3n) is 2.26. The third-order valence-corrected chi connectivity index (χ3v) is 2.26. The second-order valence-electron chi connectivity index (χ2n) is 3.13. The first-order valence-corrected chi connectivity index (χ1v) is 4.49. The summed E-state index contributed by atoms with van der Waals surface area (Å²) in [6, 6.07) is 0. The monoisotopic (exact) mass is 183 g/mol. The van der Waals surface area contributed by atoms with Crippen LogP contribution in [-0.2, 0) is 13.1 Å². The Labute approximate surface area is 78.6 Å². The first-order valence-electron chi connectivity index (χ1n) is 4.49. The molecule has 0 fully saturated rings. The van der Waals surface area contributed by atoms with Crippen molar-refractivity contribution in [3.8, 4) is 0 Å². The molecule has 1 aromatic rings. The summed E-state index contributed by atoms with van der Waals surface area (Å²) >= 11 is 0. The molecule has 0 amide bonds. The summed E-state index contributed by atoms with van der Waals surface area (Å²) < 4.78 is 1.85. The highest BCUT2D eigenvalue weighted by atomic mass is 16.3. The van der Waals surface area contributed by atoms with Gasteiger partial charge in [0.25, 0.3) is 0 Å². The minimum atomic E-state index is 0.140. The molecule has 1 rings (SSSR count). The predicted octanol–water partition coefficient (Wildman–Crippen LogP) is 0.212. The molecule has 0 bridgehead atoms. The van der Waals surface area contributed by atoms with Gasteiger partial charge >= 0.3 is 0 Å². The Morgan fingerprint density at radius 3 is 2.69 bits per heavy atom. The van der Waals surface area contributed by atoms with E-state index >= 15 is 0 Å². The standard InChI is InChI=1S/C9H17N3O/c1-7-8(2)12(4-5-13)11-9(7)6-10-3/h10,13H,4-6H2,1-3H3. The molecule has 0 spiro atoms. The number of aromatic nitrogens is 2. The largest absolute Gasteiger partial charge is 0.394 e. The van der Waals surface area contributed by atoms with Crippen molar-refractivity contribution in [1.82, 2.24) is 15.1 Å². The molecule has 2 N–H and O–H groups in total. The van der Waals surface area contributed by atoms with E-state index in [1.54, 1.807) is 0 Å². The zero-order valence-corrected chi connectivity index (χ0v) is 8.46. The Hall–Kier alpha value is -0.870. The van der Waals surface area contributed by atoms with Gasteiger partial charge in [-0.3, -0.25) is 4.68 Å². The van der Waals surface area contributed by atoms with Gasteiger partial charge in [0, 0.05) is 12.2 Å². The van der Waals surface area contributed by atoms with Gasteiger partial charge in [0.05, 0.1) is 18.8 Å². The Bertz CT molecular complexity index is 254. The van der Waals surface area contributed by atoms with Gasteiger partial charge in [-0.25, -0.2) is 0 Å². The molecule has 0 radical (unpaired) electrons. The van der Waals surface area contributed by atoms with Gasteiger partial charge in [-0.05, 0) is 26.5 Å². The molecule has 0 aromatic carbocycles. The van der Waals surface area contributed by atoms with Crippen LogP contribution < -0.4 is 5.32 Å². The lowest BCUT2D eigenvalue weighted by molar-refractivity contribution is 0.267. The fourth-order valence-electron chi connectivity index (χ4n) is 1.35. The van der Waals surface area contributed by atoms with Gasteiger partial charge in [-0.1, -0.05) is 0 Å². The molecular weight excluding hydrogens is 166 g/mol. The quantitative estimate of drug-likeness (QED) is 0.701. The van der Waals surface area contributed by atoms with Crippen LogP contribution in [0.15, 0.2) is 0 Å². The molecule has 0 saturated carbocycles. The van der Waals surface area contributed by atoms with Crippen molar-refractivity contribution < 1.29 is 5.11 Å². The average Bonchev–Trinajstić information content (AvgIpc) is 2.36. The topological polar surface area (TPSA) is 50.1 Å². The van der Waals surface area contributed by atoms with Crippen LogP contribution in [-0.4, -0.2) is 28.5 Å². The molecule has 1 aromatic heterocycles. The number of hydrogen-bond acceptors (Lipinski definition) is 3. The lowest BCUT2D eigenvalue weighted by Crippen LogP contribution is -2.09. The van der Waals surface area contributed by atoms with E-state index in [0.29, 0.717) is 6.54 Å². The molecule has 74 valence electrons. The molecule has 0 atom stereocenters. The maximum absolute atomic E-state index is 8.80. The van der Waals surface area contributed by atoms with Crippen molar-refractivity contribution in [2.75, 3.05) is 13.7 Å². The van der Waals surface area contributed by atoms with Crippen LogP contribution in [0.2, 0.25) is 0 Å². The highest BCUT2D eigenvalue weighted by Gasteiger charge is 2.08. The summed E-state index contributed by atoms with van der Waals surface area (Å²) in [5.74, 6) is 0. The summed E-state index contributed by atoms with van der Waals surface area (Å²) in [6.45, 7) is 5.59. The Kier molecular flexibility index (Phi) is 3.45. The molecule has 4 heteroatoms. The maximum atomic E-state index is 8.80. The second-order valence-corrected chi connectivity index (χ2v) is 3.13. The zero-order chi connectivity index (χ0) is 9.84. The fraction of sp³-hybridized carbons (Fsp3) is 0.667. The van der Waals surface area contributed by atoms with Gasteiger partial charge in [0.1, 0.15) is 0 Å². The van der Waals surface area contributed by atoms with Gasteiger partial charge in [0.15, 0.2) is 0 Å². The first-order chi connectivity index (χ1) is 6.20. The van der Waals surface area contributed by atoms with Crippen molar-refractivity contribution in [2.24, 2.45) is 0 Å². The summed E-state index contributed by atoms with van der Waals surface area (Å²) in [6.07, 6.45) is 0. The van der Waals surface area contributed by atoms with E-state index in [2.05, 4.69) is 17.3 Å². The van der Waals surface area contributed by atoms with Crippen LogP contribution in [0.5, 0.6) is 0 Å². The Morgan fingerprint density at radius 2 is 2.15 bits per heavy atom. The van der Waals surface area contributed by atoms with Crippen molar-refractivity contribution >= 4 is 0 Å². The molecule has 4 nitrogen and oxygen atoms in total. The molecule has 0 aliphatic heterocycles. The van der Waals surface area contributed by atoms with E-state index < -0.39 is 0 Å². The molecular formula is C9H17N3O. The van der Waals surface area contributed by atoms with Crippen molar-refractivity contribution in [3.05, 3.63) is 17.0 Å². The Balaban J connectivity index is 2.90. The number of nitrogens with one attached hydrogen (secondary N) is 1. The van der Waals surface area contributed by atoms with E-state index in [0.717, 1.165) is 17.9 Å². The van der Waals surface area contributed by atoms with E-state index in [4.69, 9.17) is 5.11 Å². The van der Waals surface area contributed by atoms with Crippen LogP contribution in [0.3, 0.4) is 0 Å².